The molecule has 0 spiro atoms. The number of Topliss-reactive ketones (excluding diaryl/α,β-unsaturated/α-hetero) is 1. The van der Waals surface area contributed by atoms with E-state index in [0.29, 0.717) is 11.3 Å². The Morgan fingerprint density at radius 2 is 1.90 bits per heavy atom. The van der Waals surface area contributed by atoms with Gasteiger partial charge in [-0.15, -0.1) is 0 Å². The molecule has 2 aliphatic rings. The van der Waals surface area contributed by atoms with Crippen molar-refractivity contribution in [2.45, 2.75) is 51.6 Å². The van der Waals surface area contributed by atoms with Crippen LogP contribution in [0.1, 0.15) is 34.1 Å². The Morgan fingerprint density at radius 1 is 1.29 bits per heavy atom. The van der Waals surface area contributed by atoms with Crippen LogP contribution in [-0.2, 0) is 23.7 Å². The quantitative estimate of drug-likeness (QED) is 0.779. The number of hydrogen-bond donors (Lipinski definition) is 0. The number of rotatable bonds is 5. The van der Waals surface area contributed by atoms with Crippen LogP contribution in [0, 0.1) is 11.8 Å². The zero-order valence-corrected chi connectivity index (χ0v) is 14.0. The summed E-state index contributed by atoms with van der Waals surface area (Å²) in [6.07, 6.45) is 0.456. The summed E-state index contributed by atoms with van der Waals surface area (Å²) in [6.45, 7) is 7.78. The van der Waals surface area contributed by atoms with Gasteiger partial charge in [0.2, 0.25) is 0 Å². The summed E-state index contributed by atoms with van der Waals surface area (Å²) in [4.78, 5) is 12.8. The second-order valence-corrected chi connectivity index (χ2v) is 5.95. The van der Waals surface area contributed by atoms with E-state index in [0.717, 1.165) is 6.42 Å². The minimum Gasteiger partial charge on any atom is -0.500 e. The first-order chi connectivity index (χ1) is 9.87. The molecule has 1 heterocycles. The van der Waals surface area contributed by atoms with Gasteiger partial charge in [0.05, 0.1) is 13.2 Å². The number of carbonyl (C=O) groups excluding carboxylic acids is 1. The van der Waals surface area contributed by atoms with E-state index in [1.807, 2.05) is 6.92 Å². The Balaban J connectivity index is 2.67. The van der Waals surface area contributed by atoms with Gasteiger partial charge in [0, 0.05) is 25.7 Å². The standard InChI is InChI=1S/C16H26O5/c1-8-9(2)16(20-7)13-12(18-5)10(3)14(17)15(13,19-6)11(4)21-16/h9,11,13H,8H2,1-7H3/t9-,11-,13-,15+,16+/m0/s1. The fraction of sp³-hybridized carbons (Fsp3) is 0.812. The Hall–Kier alpha value is -0.910. The van der Waals surface area contributed by atoms with E-state index in [1.54, 1.807) is 28.3 Å². The summed E-state index contributed by atoms with van der Waals surface area (Å²) >= 11 is 0. The van der Waals surface area contributed by atoms with Crippen LogP contribution >= 0.6 is 0 Å². The van der Waals surface area contributed by atoms with Crippen molar-refractivity contribution in [2.24, 2.45) is 11.8 Å². The van der Waals surface area contributed by atoms with E-state index in [2.05, 4.69) is 13.8 Å². The van der Waals surface area contributed by atoms with Gasteiger partial charge in [-0.25, -0.2) is 0 Å². The average Bonchev–Trinajstić information content (AvgIpc) is 2.89. The normalized spacial score (nSPS) is 40.6. The maximum Gasteiger partial charge on any atom is 0.197 e. The molecule has 120 valence electrons. The van der Waals surface area contributed by atoms with Crippen LogP contribution in [0.3, 0.4) is 0 Å². The molecule has 5 atom stereocenters. The monoisotopic (exact) mass is 298 g/mol. The van der Waals surface area contributed by atoms with Gasteiger partial charge in [0.25, 0.3) is 0 Å². The molecule has 1 aliphatic heterocycles. The lowest BCUT2D eigenvalue weighted by atomic mass is 9.77. The maximum absolute atomic E-state index is 12.8. The largest absolute Gasteiger partial charge is 0.500 e. The number of hydrogen-bond acceptors (Lipinski definition) is 5. The van der Waals surface area contributed by atoms with E-state index < -0.39 is 17.5 Å². The van der Waals surface area contributed by atoms with Crippen LogP contribution in [0.15, 0.2) is 11.3 Å². The van der Waals surface area contributed by atoms with Crippen molar-refractivity contribution in [3.8, 4) is 0 Å². The first kappa shape index (κ1) is 16.5. The molecule has 0 aromatic carbocycles. The number of ketones is 1. The lowest BCUT2D eigenvalue weighted by Gasteiger charge is -2.39. The number of carbonyl (C=O) groups is 1. The molecule has 5 nitrogen and oxygen atoms in total. The van der Waals surface area contributed by atoms with Crippen LogP contribution in [0.2, 0.25) is 0 Å². The Bertz CT molecular complexity index is 471. The fourth-order valence-electron chi connectivity index (χ4n) is 3.98. The predicted molar refractivity (Wildman–Crippen MR) is 77.7 cm³/mol. The van der Waals surface area contributed by atoms with Gasteiger partial charge in [-0.1, -0.05) is 13.8 Å². The molecule has 0 radical (unpaired) electrons. The summed E-state index contributed by atoms with van der Waals surface area (Å²) in [7, 11) is 4.76. The summed E-state index contributed by atoms with van der Waals surface area (Å²) in [5.41, 5.74) is -0.460. The van der Waals surface area contributed by atoms with Crippen molar-refractivity contribution in [1.29, 1.82) is 0 Å². The number of ether oxygens (including phenoxy) is 4. The zero-order chi connectivity index (χ0) is 16.0. The molecule has 0 saturated carbocycles. The summed E-state index contributed by atoms with van der Waals surface area (Å²) in [5.74, 6) is -0.656. The highest BCUT2D eigenvalue weighted by Crippen LogP contribution is 2.58. The van der Waals surface area contributed by atoms with Crippen LogP contribution in [-0.4, -0.2) is 44.6 Å². The first-order valence-electron chi connectivity index (χ1n) is 7.44. The van der Waals surface area contributed by atoms with Crippen LogP contribution < -0.4 is 0 Å². The van der Waals surface area contributed by atoms with Crippen molar-refractivity contribution < 1.29 is 23.7 Å². The molecule has 0 N–H and O–H groups in total. The minimum absolute atomic E-state index is 0.0680. The topological polar surface area (TPSA) is 54.0 Å². The van der Waals surface area contributed by atoms with E-state index in [4.69, 9.17) is 18.9 Å². The SMILES string of the molecule is CC[C@H](C)[C@@]1(OC)O[C@@H](C)[C@]2(OC)C(=O)C(C)=C(OC)[C@H]12. The number of fused-ring (bicyclic) bond motifs is 1. The molecule has 1 aliphatic carbocycles. The highest BCUT2D eigenvalue weighted by atomic mass is 16.7. The molecular formula is C16H26O5. The van der Waals surface area contributed by atoms with Gasteiger partial charge in [-0.2, -0.15) is 0 Å². The Labute approximate surface area is 126 Å². The van der Waals surface area contributed by atoms with Crippen molar-refractivity contribution in [2.75, 3.05) is 21.3 Å². The second kappa shape index (κ2) is 5.38. The fourth-order valence-corrected chi connectivity index (χ4v) is 3.98. The van der Waals surface area contributed by atoms with E-state index in [9.17, 15) is 4.79 Å². The summed E-state index contributed by atoms with van der Waals surface area (Å²) in [5, 5.41) is 0. The lowest BCUT2D eigenvalue weighted by molar-refractivity contribution is -0.256. The molecule has 2 rings (SSSR count). The average molecular weight is 298 g/mol. The van der Waals surface area contributed by atoms with Crippen molar-refractivity contribution >= 4 is 5.78 Å². The van der Waals surface area contributed by atoms with Gasteiger partial charge in [0.15, 0.2) is 17.2 Å². The van der Waals surface area contributed by atoms with Crippen molar-refractivity contribution in [3.05, 3.63) is 11.3 Å². The van der Waals surface area contributed by atoms with Gasteiger partial charge < -0.3 is 18.9 Å². The maximum atomic E-state index is 12.8. The molecule has 5 heteroatoms. The lowest BCUT2D eigenvalue weighted by Crippen LogP contribution is -2.53. The molecule has 0 unspecified atom stereocenters. The van der Waals surface area contributed by atoms with Crippen LogP contribution in [0.4, 0.5) is 0 Å². The summed E-state index contributed by atoms with van der Waals surface area (Å²) in [6, 6.07) is 0. The van der Waals surface area contributed by atoms with Crippen molar-refractivity contribution in [1.82, 2.24) is 0 Å². The highest BCUT2D eigenvalue weighted by Gasteiger charge is 2.73. The van der Waals surface area contributed by atoms with E-state index in [1.165, 1.54) is 0 Å². The highest BCUT2D eigenvalue weighted by molar-refractivity contribution is 6.06. The molecule has 0 amide bonds. The van der Waals surface area contributed by atoms with Crippen LogP contribution in [0.5, 0.6) is 0 Å². The van der Waals surface area contributed by atoms with Crippen LogP contribution in [0.25, 0.3) is 0 Å². The molecular weight excluding hydrogens is 272 g/mol. The molecule has 0 aromatic heterocycles. The van der Waals surface area contributed by atoms with Gasteiger partial charge in [-0.05, 0) is 20.3 Å². The van der Waals surface area contributed by atoms with E-state index in [-0.39, 0.29) is 17.6 Å². The van der Waals surface area contributed by atoms with Gasteiger partial charge in [-0.3, -0.25) is 4.79 Å². The summed E-state index contributed by atoms with van der Waals surface area (Å²) < 4.78 is 23.3. The Morgan fingerprint density at radius 3 is 2.33 bits per heavy atom. The third-order valence-electron chi connectivity index (χ3n) is 5.30. The number of methoxy groups -OCH3 is 3. The molecule has 0 bridgehead atoms. The molecule has 1 saturated heterocycles. The van der Waals surface area contributed by atoms with E-state index >= 15 is 0 Å². The first-order valence-corrected chi connectivity index (χ1v) is 7.44. The molecule has 1 fully saturated rings. The van der Waals surface area contributed by atoms with Crippen molar-refractivity contribution in [3.63, 3.8) is 0 Å². The Kier molecular flexibility index (Phi) is 4.21. The second-order valence-electron chi connectivity index (χ2n) is 5.95. The smallest absolute Gasteiger partial charge is 0.197 e. The minimum atomic E-state index is -1.06. The third kappa shape index (κ3) is 1.77. The molecule has 0 aromatic rings. The predicted octanol–water partition coefficient (Wildman–Crippen LogP) is 2.30. The zero-order valence-electron chi connectivity index (χ0n) is 14.0. The van der Waals surface area contributed by atoms with Gasteiger partial charge >= 0.3 is 0 Å². The van der Waals surface area contributed by atoms with Gasteiger partial charge in [0.1, 0.15) is 11.7 Å². The third-order valence-corrected chi connectivity index (χ3v) is 5.30. The molecule has 21 heavy (non-hydrogen) atoms.